The van der Waals surface area contributed by atoms with Crippen LogP contribution in [0.2, 0.25) is 0 Å². The van der Waals surface area contributed by atoms with E-state index in [1.165, 1.54) is 0 Å². The van der Waals surface area contributed by atoms with E-state index in [-0.39, 0.29) is 11.9 Å². The van der Waals surface area contributed by atoms with Crippen molar-refractivity contribution in [3.05, 3.63) is 0 Å². The maximum absolute atomic E-state index is 11.4. The molecule has 0 aliphatic carbocycles. The second kappa shape index (κ2) is 7.76. The average Bonchev–Trinajstić information content (AvgIpc) is 2.14. The second-order valence-corrected chi connectivity index (χ2v) is 3.72. The normalized spacial score (nSPS) is 12.9. The fraction of sp³-hybridized carbons (Fsp3) is 0.900. The molecule has 0 fully saturated rings. The largest absolute Gasteiger partial charge is 0.353 e. The highest BCUT2D eigenvalue weighted by molar-refractivity contribution is 5.78. The molecule has 0 spiro atoms. The Kier molecular flexibility index (Phi) is 7.42. The van der Waals surface area contributed by atoms with Gasteiger partial charge < -0.3 is 10.6 Å². The van der Waals surface area contributed by atoms with Crippen molar-refractivity contribution in [2.24, 2.45) is 0 Å². The molecule has 0 aromatic carbocycles. The zero-order valence-electron chi connectivity index (χ0n) is 9.76. The minimum atomic E-state index is 0.109. The summed E-state index contributed by atoms with van der Waals surface area (Å²) >= 11 is 0. The maximum atomic E-state index is 11.4. The smallest absolute Gasteiger partial charge is 0.234 e. The summed E-state index contributed by atoms with van der Waals surface area (Å²) < 4.78 is 0. The maximum Gasteiger partial charge on any atom is 0.234 e. The minimum Gasteiger partial charge on any atom is -0.353 e. The fourth-order valence-electron chi connectivity index (χ4n) is 1.05. The zero-order chi connectivity index (χ0) is 11.0. The molecule has 0 heterocycles. The number of carbonyl (C=O) groups excluding carboxylic acids is 1. The Morgan fingerprint density at radius 3 is 2.64 bits per heavy atom. The summed E-state index contributed by atoms with van der Waals surface area (Å²) in [7, 11) is 3.86. The van der Waals surface area contributed by atoms with Crippen LogP contribution in [0.15, 0.2) is 0 Å². The van der Waals surface area contributed by atoms with Crippen molar-refractivity contribution in [2.45, 2.75) is 26.3 Å². The van der Waals surface area contributed by atoms with Crippen molar-refractivity contribution in [3.63, 3.8) is 0 Å². The number of nitrogens with one attached hydrogen (secondary N) is 2. The van der Waals surface area contributed by atoms with E-state index in [9.17, 15) is 4.79 Å². The molecule has 1 amide bonds. The number of nitrogens with zero attached hydrogens (tertiary/aromatic N) is 1. The van der Waals surface area contributed by atoms with Crippen molar-refractivity contribution in [1.29, 1.82) is 0 Å². The van der Waals surface area contributed by atoms with Crippen LogP contribution in [0.25, 0.3) is 0 Å². The van der Waals surface area contributed by atoms with E-state index in [1.54, 1.807) is 0 Å². The summed E-state index contributed by atoms with van der Waals surface area (Å²) in [6.45, 7) is 6.37. The lowest BCUT2D eigenvalue weighted by molar-refractivity contribution is -0.122. The molecule has 0 aliphatic rings. The highest BCUT2D eigenvalue weighted by Gasteiger charge is 2.07. The van der Waals surface area contributed by atoms with Gasteiger partial charge in [0.2, 0.25) is 5.91 Å². The van der Waals surface area contributed by atoms with Crippen molar-refractivity contribution in [1.82, 2.24) is 15.5 Å². The Hall–Kier alpha value is -0.610. The first-order chi connectivity index (χ1) is 6.60. The number of amides is 1. The number of rotatable bonds is 7. The van der Waals surface area contributed by atoms with Gasteiger partial charge in [0.05, 0.1) is 6.54 Å². The lowest BCUT2D eigenvalue weighted by atomic mass is 10.2. The molecule has 0 saturated heterocycles. The topological polar surface area (TPSA) is 44.4 Å². The van der Waals surface area contributed by atoms with Crippen LogP contribution in [-0.2, 0) is 4.79 Å². The standard InChI is InChI=1S/C10H23N3O/c1-5-9(2)12-10(14)8-13(4)7-6-11-3/h9,11H,5-8H2,1-4H3,(H,12,14). The molecule has 0 radical (unpaired) electrons. The third-order valence-electron chi connectivity index (χ3n) is 2.18. The lowest BCUT2D eigenvalue weighted by Gasteiger charge is -2.17. The SMILES string of the molecule is CCC(C)NC(=O)CN(C)CCNC. The Bertz CT molecular complexity index is 161. The monoisotopic (exact) mass is 201 g/mol. The number of hydrogen-bond acceptors (Lipinski definition) is 3. The molecule has 0 aliphatic heterocycles. The van der Waals surface area contributed by atoms with Gasteiger partial charge in [-0.05, 0) is 27.4 Å². The Morgan fingerprint density at radius 2 is 2.14 bits per heavy atom. The fourth-order valence-corrected chi connectivity index (χ4v) is 1.05. The summed E-state index contributed by atoms with van der Waals surface area (Å²) in [6.07, 6.45) is 0.978. The summed E-state index contributed by atoms with van der Waals surface area (Å²) in [5.41, 5.74) is 0. The molecule has 2 N–H and O–H groups in total. The van der Waals surface area contributed by atoms with Crippen LogP contribution in [0.4, 0.5) is 0 Å². The first kappa shape index (κ1) is 13.4. The first-order valence-corrected chi connectivity index (χ1v) is 5.22. The van der Waals surface area contributed by atoms with Crippen LogP contribution < -0.4 is 10.6 Å². The zero-order valence-corrected chi connectivity index (χ0v) is 9.76. The van der Waals surface area contributed by atoms with Crippen LogP contribution in [0.5, 0.6) is 0 Å². The van der Waals surface area contributed by atoms with Gasteiger partial charge in [0, 0.05) is 19.1 Å². The molecule has 1 atom stereocenters. The van der Waals surface area contributed by atoms with Gasteiger partial charge in [-0.15, -0.1) is 0 Å². The number of carbonyl (C=O) groups is 1. The Morgan fingerprint density at radius 1 is 1.50 bits per heavy atom. The third kappa shape index (κ3) is 6.86. The number of hydrogen-bond donors (Lipinski definition) is 2. The molecule has 4 heteroatoms. The molecular formula is C10H23N3O. The van der Waals surface area contributed by atoms with Crippen LogP contribution in [0.1, 0.15) is 20.3 Å². The highest BCUT2D eigenvalue weighted by atomic mass is 16.2. The molecule has 14 heavy (non-hydrogen) atoms. The van der Waals surface area contributed by atoms with Crippen LogP contribution >= 0.6 is 0 Å². The molecule has 0 aromatic rings. The van der Waals surface area contributed by atoms with E-state index in [2.05, 4.69) is 17.6 Å². The van der Waals surface area contributed by atoms with Gasteiger partial charge in [-0.3, -0.25) is 9.69 Å². The molecule has 0 saturated carbocycles. The molecule has 4 nitrogen and oxygen atoms in total. The Balaban J connectivity index is 3.60. The summed E-state index contributed by atoms with van der Waals surface area (Å²) in [5, 5.41) is 5.99. The molecule has 0 rings (SSSR count). The van der Waals surface area contributed by atoms with Crippen LogP contribution in [0, 0.1) is 0 Å². The van der Waals surface area contributed by atoms with Gasteiger partial charge in [-0.2, -0.15) is 0 Å². The highest BCUT2D eigenvalue weighted by Crippen LogP contribution is 1.88. The van der Waals surface area contributed by atoms with E-state index in [0.717, 1.165) is 19.5 Å². The lowest BCUT2D eigenvalue weighted by Crippen LogP contribution is -2.41. The molecule has 1 unspecified atom stereocenters. The molecule has 84 valence electrons. The molecule has 0 bridgehead atoms. The predicted octanol–water partition coefficient (Wildman–Crippen LogP) is 0.0523. The van der Waals surface area contributed by atoms with Crippen molar-refractivity contribution in [2.75, 3.05) is 33.7 Å². The second-order valence-electron chi connectivity index (χ2n) is 3.72. The quantitative estimate of drug-likeness (QED) is 0.612. The van der Waals surface area contributed by atoms with Gasteiger partial charge in [0.25, 0.3) is 0 Å². The Labute approximate surface area is 87.0 Å². The van der Waals surface area contributed by atoms with E-state index >= 15 is 0 Å². The molecule has 0 aromatic heterocycles. The van der Waals surface area contributed by atoms with Gasteiger partial charge in [-0.25, -0.2) is 0 Å². The number of likely N-dealkylation sites (N-methyl/N-ethyl adjacent to an activating group) is 2. The molecular weight excluding hydrogens is 178 g/mol. The third-order valence-corrected chi connectivity index (χ3v) is 2.18. The minimum absolute atomic E-state index is 0.109. The van der Waals surface area contributed by atoms with Crippen LogP contribution in [-0.4, -0.2) is 50.6 Å². The van der Waals surface area contributed by atoms with Crippen molar-refractivity contribution < 1.29 is 4.79 Å². The van der Waals surface area contributed by atoms with Gasteiger partial charge in [0.15, 0.2) is 0 Å². The van der Waals surface area contributed by atoms with Crippen molar-refractivity contribution >= 4 is 5.91 Å². The first-order valence-electron chi connectivity index (χ1n) is 5.22. The summed E-state index contributed by atoms with van der Waals surface area (Å²) in [6, 6.07) is 0.278. The van der Waals surface area contributed by atoms with E-state index in [0.29, 0.717) is 6.54 Å². The van der Waals surface area contributed by atoms with E-state index in [4.69, 9.17) is 0 Å². The summed E-state index contributed by atoms with van der Waals surface area (Å²) in [4.78, 5) is 13.4. The average molecular weight is 201 g/mol. The van der Waals surface area contributed by atoms with Gasteiger partial charge in [0.1, 0.15) is 0 Å². The van der Waals surface area contributed by atoms with Gasteiger partial charge >= 0.3 is 0 Å². The van der Waals surface area contributed by atoms with Gasteiger partial charge in [-0.1, -0.05) is 6.92 Å². The predicted molar refractivity (Wildman–Crippen MR) is 59.3 cm³/mol. The van der Waals surface area contributed by atoms with Crippen molar-refractivity contribution in [3.8, 4) is 0 Å². The van der Waals surface area contributed by atoms with Crippen LogP contribution in [0.3, 0.4) is 0 Å². The summed E-state index contributed by atoms with van der Waals surface area (Å²) in [5.74, 6) is 0.109. The van der Waals surface area contributed by atoms with E-state index in [1.807, 2.05) is 25.9 Å². The van der Waals surface area contributed by atoms with E-state index < -0.39 is 0 Å².